The van der Waals surface area contributed by atoms with Crippen molar-refractivity contribution in [3.63, 3.8) is 0 Å². The van der Waals surface area contributed by atoms with Gasteiger partial charge < -0.3 is 19.8 Å². The van der Waals surface area contributed by atoms with Crippen molar-refractivity contribution < 1.29 is 9.90 Å². The molecule has 2 heterocycles. The number of hydrogen-bond donors (Lipinski definition) is 1. The third kappa shape index (κ3) is 4.77. The van der Waals surface area contributed by atoms with Crippen LogP contribution in [0.15, 0.2) is 24.3 Å². The van der Waals surface area contributed by atoms with Gasteiger partial charge in [0.2, 0.25) is 0 Å². The summed E-state index contributed by atoms with van der Waals surface area (Å²) in [5.41, 5.74) is 1.80. The zero-order chi connectivity index (χ0) is 18.4. The molecule has 2 aliphatic heterocycles. The highest BCUT2D eigenvalue weighted by atomic mass is 16.3. The summed E-state index contributed by atoms with van der Waals surface area (Å²) in [6, 6.07) is 8.20. The summed E-state index contributed by atoms with van der Waals surface area (Å²) in [5, 5.41) is 9.06. The Hall–Kier alpha value is -1.59. The van der Waals surface area contributed by atoms with Crippen molar-refractivity contribution in [1.82, 2.24) is 9.80 Å². The van der Waals surface area contributed by atoms with E-state index < -0.39 is 0 Å². The molecule has 0 aliphatic carbocycles. The first-order chi connectivity index (χ1) is 12.7. The summed E-state index contributed by atoms with van der Waals surface area (Å²) >= 11 is 0. The molecule has 0 unspecified atom stereocenters. The molecule has 2 aliphatic rings. The number of benzene rings is 1. The van der Waals surface area contributed by atoms with Crippen molar-refractivity contribution in [3.8, 4) is 0 Å². The first-order valence-electron chi connectivity index (χ1n) is 10.1. The van der Waals surface area contributed by atoms with Crippen LogP contribution in [-0.4, -0.2) is 73.2 Å². The largest absolute Gasteiger partial charge is 0.395 e. The van der Waals surface area contributed by atoms with E-state index >= 15 is 0 Å². The lowest BCUT2D eigenvalue weighted by molar-refractivity contribution is 0.0588. The number of carbonyl (C=O) groups excluding carboxylic acids is 1. The number of aliphatic hydroxyl groups excluding tert-OH is 1. The molecule has 1 amide bonds. The highest BCUT2D eigenvalue weighted by Gasteiger charge is 2.28. The molecule has 0 radical (unpaired) electrons. The third-order valence-corrected chi connectivity index (χ3v) is 5.86. The Bertz CT molecular complexity index is 569. The second-order valence-electron chi connectivity index (χ2n) is 7.68. The Morgan fingerprint density at radius 1 is 1.12 bits per heavy atom. The summed E-state index contributed by atoms with van der Waals surface area (Å²) in [5.74, 6) is 0.174. The molecule has 1 aromatic carbocycles. The second kappa shape index (κ2) is 9.38. The van der Waals surface area contributed by atoms with Gasteiger partial charge in [-0.05, 0) is 75.9 Å². The molecular formula is C21H33N3O2. The normalized spacial score (nSPS) is 21.2. The zero-order valence-corrected chi connectivity index (χ0v) is 16.1. The zero-order valence-electron chi connectivity index (χ0n) is 16.1. The van der Waals surface area contributed by atoms with Gasteiger partial charge in [0.1, 0.15) is 0 Å². The molecule has 144 valence electrons. The molecule has 0 spiro atoms. The molecule has 2 fully saturated rings. The molecule has 0 bridgehead atoms. The number of amides is 1. The summed E-state index contributed by atoms with van der Waals surface area (Å²) in [7, 11) is 1.95. The molecular weight excluding hydrogens is 326 g/mol. The summed E-state index contributed by atoms with van der Waals surface area (Å²) in [6.07, 6.45) is 7.23. The van der Waals surface area contributed by atoms with Crippen molar-refractivity contribution in [3.05, 3.63) is 29.8 Å². The van der Waals surface area contributed by atoms with Crippen LogP contribution in [0.5, 0.6) is 0 Å². The van der Waals surface area contributed by atoms with Gasteiger partial charge in [-0.15, -0.1) is 0 Å². The van der Waals surface area contributed by atoms with E-state index in [2.05, 4.69) is 9.80 Å². The van der Waals surface area contributed by atoms with Crippen molar-refractivity contribution >= 4 is 11.6 Å². The summed E-state index contributed by atoms with van der Waals surface area (Å²) in [6.45, 7) is 5.18. The Kier molecular flexibility index (Phi) is 6.92. The highest BCUT2D eigenvalue weighted by molar-refractivity contribution is 5.94. The van der Waals surface area contributed by atoms with Crippen molar-refractivity contribution in [2.24, 2.45) is 0 Å². The Morgan fingerprint density at radius 2 is 1.81 bits per heavy atom. The fourth-order valence-electron chi connectivity index (χ4n) is 4.21. The standard InChI is InChI=1S/C21H33N3O2/c1-22(16-17-25)19-9-7-18(8-10-19)21(26)24-14-3-2-6-20(24)11-15-23-12-4-5-13-23/h7-10,20,25H,2-6,11-17H2,1H3/t20-/m0/s1. The van der Waals surface area contributed by atoms with Crippen LogP contribution in [0.2, 0.25) is 0 Å². The molecule has 3 rings (SSSR count). The predicted octanol–water partition coefficient (Wildman–Crippen LogP) is 2.60. The molecule has 26 heavy (non-hydrogen) atoms. The fourth-order valence-corrected chi connectivity index (χ4v) is 4.21. The van der Waals surface area contributed by atoms with Gasteiger partial charge in [0.15, 0.2) is 0 Å². The monoisotopic (exact) mass is 359 g/mol. The molecule has 1 N–H and O–H groups in total. The topological polar surface area (TPSA) is 47.0 Å². The van der Waals surface area contributed by atoms with Gasteiger partial charge in [-0.2, -0.15) is 0 Å². The number of anilines is 1. The Balaban J connectivity index is 1.61. The number of nitrogens with zero attached hydrogens (tertiary/aromatic N) is 3. The van der Waals surface area contributed by atoms with Gasteiger partial charge in [-0.1, -0.05) is 0 Å². The molecule has 5 heteroatoms. The fraction of sp³-hybridized carbons (Fsp3) is 0.667. The predicted molar refractivity (Wildman–Crippen MR) is 106 cm³/mol. The van der Waals surface area contributed by atoms with Crippen LogP contribution < -0.4 is 4.90 Å². The van der Waals surface area contributed by atoms with Crippen molar-refractivity contribution in [1.29, 1.82) is 0 Å². The van der Waals surface area contributed by atoms with Crippen LogP contribution >= 0.6 is 0 Å². The Labute approximate surface area is 157 Å². The van der Waals surface area contributed by atoms with E-state index in [-0.39, 0.29) is 12.5 Å². The van der Waals surface area contributed by atoms with Crippen LogP contribution in [0, 0.1) is 0 Å². The number of aliphatic hydroxyl groups is 1. The lowest BCUT2D eigenvalue weighted by Crippen LogP contribution is -2.45. The number of hydrogen-bond acceptors (Lipinski definition) is 4. The van der Waals surface area contributed by atoms with E-state index in [1.165, 1.54) is 32.4 Å². The lowest BCUT2D eigenvalue weighted by Gasteiger charge is -2.37. The molecule has 1 atom stereocenters. The van der Waals surface area contributed by atoms with E-state index in [0.717, 1.165) is 43.6 Å². The SMILES string of the molecule is CN(CCO)c1ccc(C(=O)N2CCCC[C@H]2CCN2CCCC2)cc1. The second-order valence-corrected chi connectivity index (χ2v) is 7.68. The highest BCUT2D eigenvalue weighted by Crippen LogP contribution is 2.24. The Morgan fingerprint density at radius 3 is 2.50 bits per heavy atom. The molecule has 0 aromatic heterocycles. The minimum atomic E-state index is 0.129. The minimum Gasteiger partial charge on any atom is -0.395 e. The smallest absolute Gasteiger partial charge is 0.254 e. The van der Waals surface area contributed by atoms with E-state index in [1.54, 1.807) is 0 Å². The minimum absolute atomic E-state index is 0.129. The number of piperidine rings is 1. The van der Waals surface area contributed by atoms with E-state index in [4.69, 9.17) is 5.11 Å². The van der Waals surface area contributed by atoms with Crippen molar-refractivity contribution in [2.75, 3.05) is 51.3 Å². The van der Waals surface area contributed by atoms with Crippen LogP contribution in [0.3, 0.4) is 0 Å². The van der Waals surface area contributed by atoms with Gasteiger partial charge in [0.25, 0.3) is 5.91 Å². The quantitative estimate of drug-likeness (QED) is 0.813. The first kappa shape index (κ1) is 19.2. The maximum atomic E-state index is 13.1. The average Bonchev–Trinajstić information content (AvgIpc) is 3.20. The van der Waals surface area contributed by atoms with Crippen LogP contribution in [0.4, 0.5) is 5.69 Å². The van der Waals surface area contributed by atoms with E-state index in [1.807, 2.05) is 36.2 Å². The van der Waals surface area contributed by atoms with Gasteiger partial charge in [-0.3, -0.25) is 4.79 Å². The molecule has 5 nitrogen and oxygen atoms in total. The number of carbonyl (C=O) groups is 1. The molecule has 2 saturated heterocycles. The number of likely N-dealkylation sites (N-methyl/N-ethyl adjacent to an activating group) is 1. The van der Waals surface area contributed by atoms with Gasteiger partial charge >= 0.3 is 0 Å². The van der Waals surface area contributed by atoms with Gasteiger partial charge in [0.05, 0.1) is 6.61 Å². The van der Waals surface area contributed by atoms with Gasteiger partial charge in [-0.25, -0.2) is 0 Å². The first-order valence-corrected chi connectivity index (χ1v) is 10.1. The summed E-state index contributed by atoms with van der Waals surface area (Å²) in [4.78, 5) is 19.7. The molecule has 1 aromatic rings. The van der Waals surface area contributed by atoms with Crippen LogP contribution in [0.1, 0.15) is 48.9 Å². The summed E-state index contributed by atoms with van der Waals surface area (Å²) < 4.78 is 0. The lowest BCUT2D eigenvalue weighted by atomic mass is 9.98. The maximum Gasteiger partial charge on any atom is 0.254 e. The number of likely N-dealkylation sites (tertiary alicyclic amines) is 2. The third-order valence-electron chi connectivity index (χ3n) is 5.86. The van der Waals surface area contributed by atoms with Crippen molar-refractivity contribution in [2.45, 2.75) is 44.6 Å². The molecule has 0 saturated carbocycles. The van der Waals surface area contributed by atoms with E-state index in [9.17, 15) is 4.79 Å². The van der Waals surface area contributed by atoms with Crippen LogP contribution in [0.25, 0.3) is 0 Å². The van der Waals surface area contributed by atoms with Gasteiger partial charge in [0, 0.05) is 44.0 Å². The average molecular weight is 360 g/mol. The maximum absolute atomic E-state index is 13.1. The number of rotatable bonds is 7. The van der Waals surface area contributed by atoms with Crippen LogP contribution in [-0.2, 0) is 0 Å². The van der Waals surface area contributed by atoms with E-state index in [0.29, 0.717) is 12.6 Å².